The van der Waals surface area contributed by atoms with Gasteiger partial charge in [-0.15, -0.1) is 0 Å². The Morgan fingerprint density at radius 2 is 1.53 bits per heavy atom. The molecule has 1 saturated heterocycles. The fraction of sp³-hybridized carbons (Fsp3) is 0.833. The van der Waals surface area contributed by atoms with E-state index in [0.717, 1.165) is 25.7 Å². The minimum absolute atomic E-state index is 0.0776. The van der Waals surface area contributed by atoms with Crippen molar-refractivity contribution < 1.29 is 14.3 Å². The first-order chi connectivity index (χ1) is 8.16. The van der Waals surface area contributed by atoms with E-state index in [1.54, 1.807) is 16.7 Å². The summed E-state index contributed by atoms with van der Waals surface area (Å²) in [6.45, 7) is 3.98. The first-order valence-corrected chi connectivity index (χ1v) is 6.38. The van der Waals surface area contributed by atoms with Crippen LogP contribution in [0.3, 0.4) is 0 Å². The van der Waals surface area contributed by atoms with Gasteiger partial charge in [0.2, 0.25) is 5.91 Å². The Morgan fingerprint density at radius 1 is 1.00 bits per heavy atom. The monoisotopic (exact) mass is 240 g/mol. The summed E-state index contributed by atoms with van der Waals surface area (Å²) >= 11 is 0. The van der Waals surface area contributed by atoms with Gasteiger partial charge in [-0.2, -0.15) is 0 Å². The zero-order chi connectivity index (χ0) is 12.3. The van der Waals surface area contributed by atoms with Gasteiger partial charge in [0.05, 0.1) is 0 Å². The second-order valence-electron chi connectivity index (χ2n) is 4.78. The molecule has 0 aromatic carbocycles. The van der Waals surface area contributed by atoms with Crippen molar-refractivity contribution in [1.82, 2.24) is 9.80 Å². The first-order valence-electron chi connectivity index (χ1n) is 6.38. The lowest BCUT2D eigenvalue weighted by molar-refractivity contribution is -0.130. The van der Waals surface area contributed by atoms with E-state index in [2.05, 4.69) is 0 Å². The summed E-state index contributed by atoms with van der Waals surface area (Å²) < 4.78 is 5.43. The van der Waals surface area contributed by atoms with Gasteiger partial charge in [-0.3, -0.25) is 4.79 Å². The summed E-state index contributed by atoms with van der Waals surface area (Å²) in [4.78, 5) is 26.4. The molecule has 1 aliphatic carbocycles. The third-order valence-electron chi connectivity index (χ3n) is 3.55. The number of ether oxygens (including phenoxy) is 1. The SMILES string of the molecule is CC(=O)N1CCN(C(=O)OC2CCCC2)CC1. The molecular weight excluding hydrogens is 220 g/mol. The van der Waals surface area contributed by atoms with Crippen LogP contribution in [0.15, 0.2) is 0 Å². The average molecular weight is 240 g/mol. The van der Waals surface area contributed by atoms with Crippen LogP contribution >= 0.6 is 0 Å². The second-order valence-corrected chi connectivity index (χ2v) is 4.78. The highest BCUT2D eigenvalue weighted by molar-refractivity contribution is 5.74. The van der Waals surface area contributed by atoms with Gasteiger partial charge in [0.15, 0.2) is 0 Å². The van der Waals surface area contributed by atoms with Crippen LogP contribution in [0, 0.1) is 0 Å². The molecule has 0 aromatic rings. The second kappa shape index (κ2) is 5.38. The minimum Gasteiger partial charge on any atom is -0.446 e. The summed E-state index contributed by atoms with van der Waals surface area (Å²) in [5.74, 6) is 0.0776. The molecule has 1 aliphatic heterocycles. The Bertz CT molecular complexity index is 292. The third-order valence-corrected chi connectivity index (χ3v) is 3.55. The van der Waals surface area contributed by atoms with Gasteiger partial charge in [0.25, 0.3) is 0 Å². The highest BCUT2D eigenvalue weighted by Crippen LogP contribution is 2.21. The Morgan fingerprint density at radius 3 is 2.06 bits per heavy atom. The fourth-order valence-corrected chi connectivity index (χ4v) is 2.43. The lowest BCUT2D eigenvalue weighted by Crippen LogP contribution is -2.50. The maximum absolute atomic E-state index is 11.8. The van der Waals surface area contributed by atoms with Crippen LogP contribution in [-0.2, 0) is 9.53 Å². The van der Waals surface area contributed by atoms with Crippen molar-refractivity contribution >= 4 is 12.0 Å². The minimum atomic E-state index is -0.208. The summed E-state index contributed by atoms with van der Waals surface area (Å²) in [5, 5.41) is 0. The summed E-state index contributed by atoms with van der Waals surface area (Å²) in [6.07, 6.45) is 4.23. The largest absolute Gasteiger partial charge is 0.446 e. The number of piperazine rings is 1. The Kier molecular flexibility index (Phi) is 3.86. The Labute approximate surface area is 102 Å². The molecule has 2 rings (SSSR count). The van der Waals surface area contributed by atoms with Gasteiger partial charge in [-0.05, 0) is 25.7 Å². The molecular formula is C12H20N2O3. The van der Waals surface area contributed by atoms with Crippen LogP contribution < -0.4 is 0 Å². The van der Waals surface area contributed by atoms with E-state index >= 15 is 0 Å². The number of carbonyl (C=O) groups is 2. The van der Waals surface area contributed by atoms with Crippen molar-refractivity contribution in [2.75, 3.05) is 26.2 Å². The smallest absolute Gasteiger partial charge is 0.410 e. The van der Waals surface area contributed by atoms with Gasteiger partial charge in [-0.1, -0.05) is 0 Å². The van der Waals surface area contributed by atoms with Gasteiger partial charge in [0, 0.05) is 33.1 Å². The number of rotatable bonds is 1. The lowest BCUT2D eigenvalue weighted by atomic mass is 10.3. The molecule has 1 heterocycles. The van der Waals surface area contributed by atoms with E-state index in [0.29, 0.717) is 26.2 Å². The fourth-order valence-electron chi connectivity index (χ4n) is 2.43. The van der Waals surface area contributed by atoms with Crippen LogP contribution in [0.1, 0.15) is 32.6 Å². The topological polar surface area (TPSA) is 49.9 Å². The van der Waals surface area contributed by atoms with E-state index in [1.165, 1.54) is 0 Å². The van der Waals surface area contributed by atoms with E-state index < -0.39 is 0 Å². The van der Waals surface area contributed by atoms with E-state index in [4.69, 9.17) is 4.74 Å². The molecule has 1 saturated carbocycles. The predicted octanol–water partition coefficient (Wildman–Crippen LogP) is 1.23. The molecule has 2 aliphatic rings. The molecule has 96 valence electrons. The average Bonchev–Trinajstić information content (AvgIpc) is 2.82. The van der Waals surface area contributed by atoms with Gasteiger partial charge < -0.3 is 14.5 Å². The molecule has 0 bridgehead atoms. The van der Waals surface area contributed by atoms with Crippen LogP contribution in [0.4, 0.5) is 4.79 Å². The molecule has 2 amide bonds. The Balaban J connectivity index is 1.75. The van der Waals surface area contributed by atoms with Gasteiger partial charge >= 0.3 is 6.09 Å². The zero-order valence-corrected chi connectivity index (χ0v) is 10.4. The first kappa shape index (κ1) is 12.2. The van der Waals surface area contributed by atoms with E-state index in [-0.39, 0.29) is 18.1 Å². The molecule has 0 atom stereocenters. The summed E-state index contributed by atoms with van der Waals surface area (Å²) in [6, 6.07) is 0. The standard InChI is InChI=1S/C12H20N2O3/c1-10(15)13-6-8-14(9-7-13)12(16)17-11-4-2-3-5-11/h11H,2-9H2,1H3. The van der Waals surface area contributed by atoms with Crippen LogP contribution in [0.2, 0.25) is 0 Å². The predicted molar refractivity (Wildman–Crippen MR) is 62.6 cm³/mol. The molecule has 17 heavy (non-hydrogen) atoms. The highest BCUT2D eigenvalue weighted by atomic mass is 16.6. The van der Waals surface area contributed by atoms with Crippen molar-refractivity contribution in [3.8, 4) is 0 Å². The molecule has 2 fully saturated rings. The lowest BCUT2D eigenvalue weighted by Gasteiger charge is -2.34. The van der Waals surface area contributed by atoms with Crippen LogP contribution in [-0.4, -0.2) is 54.1 Å². The molecule has 0 radical (unpaired) electrons. The number of amides is 2. The number of nitrogens with zero attached hydrogens (tertiary/aromatic N) is 2. The molecule has 0 spiro atoms. The molecule has 0 N–H and O–H groups in total. The van der Waals surface area contributed by atoms with Crippen molar-refractivity contribution in [3.63, 3.8) is 0 Å². The normalized spacial score (nSPS) is 21.7. The number of hydrogen-bond acceptors (Lipinski definition) is 3. The summed E-state index contributed by atoms with van der Waals surface area (Å²) in [7, 11) is 0. The van der Waals surface area contributed by atoms with Crippen molar-refractivity contribution in [1.29, 1.82) is 0 Å². The quantitative estimate of drug-likeness (QED) is 0.692. The molecule has 0 unspecified atom stereocenters. The maximum Gasteiger partial charge on any atom is 0.410 e. The van der Waals surface area contributed by atoms with Gasteiger partial charge in [-0.25, -0.2) is 4.79 Å². The highest BCUT2D eigenvalue weighted by Gasteiger charge is 2.26. The number of carbonyl (C=O) groups excluding carboxylic acids is 2. The zero-order valence-electron chi connectivity index (χ0n) is 10.4. The number of hydrogen-bond donors (Lipinski definition) is 0. The maximum atomic E-state index is 11.8. The van der Waals surface area contributed by atoms with Crippen molar-refractivity contribution in [3.05, 3.63) is 0 Å². The van der Waals surface area contributed by atoms with E-state index in [1.807, 2.05) is 0 Å². The van der Waals surface area contributed by atoms with Crippen LogP contribution in [0.25, 0.3) is 0 Å². The Hall–Kier alpha value is -1.26. The third kappa shape index (κ3) is 3.11. The molecule has 5 nitrogen and oxygen atoms in total. The molecule has 0 aromatic heterocycles. The van der Waals surface area contributed by atoms with Crippen LogP contribution in [0.5, 0.6) is 0 Å². The summed E-state index contributed by atoms with van der Waals surface area (Å²) in [5.41, 5.74) is 0. The van der Waals surface area contributed by atoms with Gasteiger partial charge in [0.1, 0.15) is 6.10 Å². The van der Waals surface area contributed by atoms with E-state index in [9.17, 15) is 9.59 Å². The molecule has 5 heteroatoms. The van der Waals surface area contributed by atoms with Crippen molar-refractivity contribution in [2.24, 2.45) is 0 Å². The van der Waals surface area contributed by atoms with Crippen molar-refractivity contribution in [2.45, 2.75) is 38.7 Å².